The van der Waals surface area contributed by atoms with Gasteiger partial charge in [-0.15, -0.1) is 0 Å². The highest BCUT2D eigenvalue weighted by Crippen LogP contribution is 2.18. The number of aromatic nitrogens is 1. The maximum Gasteiger partial charge on any atom is 0.420 e. The van der Waals surface area contributed by atoms with Crippen LogP contribution in [0.5, 0.6) is 0 Å². The van der Waals surface area contributed by atoms with E-state index in [1.54, 1.807) is 29.2 Å². The van der Waals surface area contributed by atoms with Gasteiger partial charge < -0.3 is 18.8 Å². The highest BCUT2D eigenvalue weighted by Gasteiger charge is 2.28. The predicted octanol–water partition coefficient (Wildman–Crippen LogP) is 0.549. The molecule has 2 aromatic rings. The van der Waals surface area contributed by atoms with Gasteiger partial charge in [0.15, 0.2) is 12.2 Å². The van der Waals surface area contributed by atoms with Gasteiger partial charge >= 0.3 is 17.7 Å². The fourth-order valence-electron chi connectivity index (χ4n) is 3.10. The standard InChI is InChI=1S/C18H20N2O7/c1-25-17(23)12-6-8-19(9-7-12)15(21)11-26-16(22)10-20-13-4-2-3-5-14(13)27-18(20)24/h2-5,12H,6-11H2,1H3. The fourth-order valence-corrected chi connectivity index (χ4v) is 3.10. The van der Waals surface area contributed by atoms with Crippen molar-refractivity contribution in [3.63, 3.8) is 0 Å². The van der Waals surface area contributed by atoms with Crippen LogP contribution < -0.4 is 5.76 Å². The zero-order valence-corrected chi connectivity index (χ0v) is 14.9. The van der Waals surface area contributed by atoms with Crippen LogP contribution in [0.25, 0.3) is 11.1 Å². The molecular weight excluding hydrogens is 356 g/mol. The van der Waals surface area contributed by atoms with Crippen LogP contribution in [0.1, 0.15) is 12.8 Å². The topological polar surface area (TPSA) is 108 Å². The number of amides is 1. The fraction of sp³-hybridized carbons (Fsp3) is 0.444. The number of hydrogen-bond acceptors (Lipinski definition) is 7. The van der Waals surface area contributed by atoms with Crippen LogP contribution in [0, 0.1) is 5.92 Å². The summed E-state index contributed by atoms with van der Waals surface area (Å²) in [5, 5.41) is 0. The Morgan fingerprint density at radius 2 is 1.89 bits per heavy atom. The molecule has 0 aliphatic carbocycles. The number of para-hydroxylation sites is 2. The van der Waals surface area contributed by atoms with Crippen molar-refractivity contribution in [1.29, 1.82) is 0 Å². The molecule has 1 aromatic heterocycles. The third kappa shape index (κ3) is 4.18. The lowest BCUT2D eigenvalue weighted by molar-refractivity contribution is -0.154. The van der Waals surface area contributed by atoms with Crippen molar-refractivity contribution in [2.24, 2.45) is 5.92 Å². The van der Waals surface area contributed by atoms with Gasteiger partial charge in [0.25, 0.3) is 5.91 Å². The second-order valence-corrected chi connectivity index (χ2v) is 6.26. The Labute approximate surface area is 154 Å². The Balaban J connectivity index is 1.51. The van der Waals surface area contributed by atoms with Gasteiger partial charge in [-0.05, 0) is 25.0 Å². The summed E-state index contributed by atoms with van der Waals surface area (Å²) in [4.78, 5) is 49.1. The average molecular weight is 376 g/mol. The monoisotopic (exact) mass is 376 g/mol. The second-order valence-electron chi connectivity index (χ2n) is 6.26. The molecule has 27 heavy (non-hydrogen) atoms. The minimum atomic E-state index is -0.707. The van der Waals surface area contributed by atoms with Crippen LogP contribution in [0.4, 0.5) is 0 Å². The third-order valence-corrected chi connectivity index (χ3v) is 4.60. The number of methoxy groups -OCH3 is 1. The van der Waals surface area contributed by atoms with Crippen molar-refractivity contribution in [3.8, 4) is 0 Å². The molecule has 1 aliphatic heterocycles. The van der Waals surface area contributed by atoms with E-state index in [2.05, 4.69) is 0 Å². The number of ether oxygens (including phenoxy) is 2. The van der Waals surface area contributed by atoms with E-state index in [4.69, 9.17) is 13.9 Å². The minimum absolute atomic E-state index is 0.206. The summed E-state index contributed by atoms with van der Waals surface area (Å²) in [6.07, 6.45) is 1.03. The SMILES string of the molecule is COC(=O)C1CCN(C(=O)COC(=O)Cn2c(=O)oc3ccccc32)CC1. The molecule has 9 nitrogen and oxygen atoms in total. The molecule has 9 heteroatoms. The van der Waals surface area contributed by atoms with Crippen molar-refractivity contribution in [1.82, 2.24) is 9.47 Å². The molecule has 0 saturated carbocycles. The number of benzene rings is 1. The van der Waals surface area contributed by atoms with Gasteiger partial charge in [-0.25, -0.2) is 4.79 Å². The molecule has 0 unspecified atom stereocenters. The molecule has 0 bridgehead atoms. The molecule has 144 valence electrons. The van der Waals surface area contributed by atoms with Crippen molar-refractivity contribution >= 4 is 28.9 Å². The zero-order chi connectivity index (χ0) is 19.4. The van der Waals surface area contributed by atoms with Crippen LogP contribution in [-0.4, -0.2) is 54.1 Å². The van der Waals surface area contributed by atoms with Crippen LogP contribution in [0.2, 0.25) is 0 Å². The predicted molar refractivity (Wildman–Crippen MR) is 92.8 cm³/mol. The van der Waals surface area contributed by atoms with E-state index in [0.29, 0.717) is 37.0 Å². The summed E-state index contributed by atoms with van der Waals surface area (Å²) in [6, 6.07) is 6.72. The molecular formula is C18H20N2O7. The summed E-state index contributed by atoms with van der Waals surface area (Å²) in [5.74, 6) is -2.18. The molecule has 1 amide bonds. The summed E-state index contributed by atoms with van der Waals surface area (Å²) in [6.45, 7) is 0.0593. The van der Waals surface area contributed by atoms with Gasteiger partial charge in [-0.3, -0.25) is 19.0 Å². The van der Waals surface area contributed by atoms with Crippen molar-refractivity contribution < 1.29 is 28.3 Å². The van der Waals surface area contributed by atoms with E-state index in [1.165, 1.54) is 7.11 Å². The number of hydrogen-bond donors (Lipinski definition) is 0. The normalized spacial score (nSPS) is 14.9. The molecule has 0 atom stereocenters. The van der Waals surface area contributed by atoms with Gasteiger partial charge in [-0.2, -0.15) is 0 Å². The number of carbonyl (C=O) groups excluding carboxylic acids is 3. The quantitative estimate of drug-likeness (QED) is 0.701. The Morgan fingerprint density at radius 3 is 2.59 bits per heavy atom. The van der Waals surface area contributed by atoms with Crippen LogP contribution in [0.15, 0.2) is 33.5 Å². The van der Waals surface area contributed by atoms with E-state index in [0.717, 1.165) is 4.57 Å². The lowest BCUT2D eigenvalue weighted by Gasteiger charge is -2.30. The highest BCUT2D eigenvalue weighted by molar-refractivity contribution is 5.82. The molecule has 1 saturated heterocycles. The van der Waals surface area contributed by atoms with Crippen molar-refractivity contribution in [2.45, 2.75) is 19.4 Å². The third-order valence-electron chi connectivity index (χ3n) is 4.60. The first kappa shape index (κ1) is 18.7. The number of esters is 2. The van der Waals surface area contributed by atoms with Gasteiger partial charge in [0.1, 0.15) is 6.54 Å². The first-order chi connectivity index (χ1) is 13.0. The number of likely N-dealkylation sites (tertiary alicyclic amines) is 1. The molecule has 0 radical (unpaired) electrons. The summed E-state index contributed by atoms with van der Waals surface area (Å²) in [5.41, 5.74) is 0.857. The van der Waals surface area contributed by atoms with Crippen molar-refractivity contribution in [2.75, 3.05) is 26.8 Å². The Morgan fingerprint density at radius 1 is 1.19 bits per heavy atom. The number of oxazole rings is 1. The number of fused-ring (bicyclic) bond motifs is 1. The second kappa shape index (κ2) is 8.07. The van der Waals surface area contributed by atoms with Gasteiger partial charge in [0, 0.05) is 13.1 Å². The number of piperidine rings is 1. The molecule has 0 spiro atoms. The lowest BCUT2D eigenvalue weighted by Crippen LogP contribution is -2.42. The molecule has 1 aliphatic rings. The molecule has 2 heterocycles. The Kier molecular flexibility index (Phi) is 5.58. The largest absolute Gasteiger partial charge is 0.469 e. The molecule has 0 N–H and O–H groups in total. The van der Waals surface area contributed by atoms with Crippen LogP contribution in [0.3, 0.4) is 0 Å². The first-order valence-corrected chi connectivity index (χ1v) is 8.59. The van der Waals surface area contributed by atoms with E-state index in [1.807, 2.05) is 0 Å². The molecule has 1 fully saturated rings. The first-order valence-electron chi connectivity index (χ1n) is 8.59. The van der Waals surface area contributed by atoms with Gasteiger partial charge in [0.05, 0.1) is 18.5 Å². The number of nitrogens with zero attached hydrogens (tertiary/aromatic N) is 2. The Bertz CT molecular complexity index is 906. The maximum absolute atomic E-state index is 12.2. The lowest BCUT2D eigenvalue weighted by atomic mass is 9.97. The summed E-state index contributed by atoms with van der Waals surface area (Å²) >= 11 is 0. The summed E-state index contributed by atoms with van der Waals surface area (Å²) < 4.78 is 15.9. The smallest absolute Gasteiger partial charge is 0.420 e. The van der Waals surface area contributed by atoms with Gasteiger partial charge in [0.2, 0.25) is 0 Å². The molecule has 1 aromatic carbocycles. The van der Waals surface area contributed by atoms with E-state index < -0.39 is 18.3 Å². The van der Waals surface area contributed by atoms with Crippen molar-refractivity contribution in [3.05, 3.63) is 34.8 Å². The minimum Gasteiger partial charge on any atom is -0.469 e. The zero-order valence-electron chi connectivity index (χ0n) is 14.9. The average Bonchev–Trinajstić information content (AvgIpc) is 3.01. The highest BCUT2D eigenvalue weighted by atomic mass is 16.5. The Hall–Kier alpha value is -3.10. The number of rotatable bonds is 5. The van der Waals surface area contributed by atoms with E-state index in [-0.39, 0.29) is 24.3 Å². The van der Waals surface area contributed by atoms with Crippen LogP contribution in [-0.2, 0) is 30.4 Å². The van der Waals surface area contributed by atoms with E-state index in [9.17, 15) is 19.2 Å². The molecule has 3 rings (SSSR count). The van der Waals surface area contributed by atoms with Crippen LogP contribution >= 0.6 is 0 Å². The van der Waals surface area contributed by atoms with Gasteiger partial charge in [-0.1, -0.05) is 12.1 Å². The summed E-state index contributed by atoms with van der Waals surface area (Å²) in [7, 11) is 1.34. The maximum atomic E-state index is 12.2. The number of carbonyl (C=O) groups is 3. The van der Waals surface area contributed by atoms with E-state index >= 15 is 0 Å².